The minimum absolute atomic E-state index is 0.00228. The van der Waals surface area contributed by atoms with Gasteiger partial charge in [-0.1, -0.05) is 24.3 Å². The molecule has 2 aromatic rings. The Morgan fingerprint density at radius 2 is 2.00 bits per heavy atom. The van der Waals surface area contributed by atoms with Gasteiger partial charge in [0, 0.05) is 18.9 Å². The maximum atomic E-state index is 12.2. The molecule has 1 aliphatic heterocycles. The molecule has 2 aromatic carbocycles. The van der Waals surface area contributed by atoms with Gasteiger partial charge in [0.15, 0.2) is 11.5 Å². The Labute approximate surface area is 163 Å². The summed E-state index contributed by atoms with van der Waals surface area (Å²) in [5.41, 5.74) is 2.33. The second-order valence-electron chi connectivity index (χ2n) is 6.48. The van der Waals surface area contributed by atoms with E-state index >= 15 is 0 Å². The van der Waals surface area contributed by atoms with Crippen molar-refractivity contribution in [3.05, 3.63) is 53.6 Å². The van der Waals surface area contributed by atoms with Crippen molar-refractivity contribution in [2.75, 3.05) is 18.1 Å². The molecule has 1 aliphatic rings. The molecule has 0 aromatic heterocycles. The number of nitrogens with zero attached hydrogens (tertiary/aromatic N) is 2. The number of ether oxygens (including phenoxy) is 1. The van der Waals surface area contributed by atoms with Gasteiger partial charge in [-0.15, -0.1) is 0 Å². The van der Waals surface area contributed by atoms with Crippen molar-refractivity contribution < 1.29 is 23.1 Å². The van der Waals surface area contributed by atoms with Crippen molar-refractivity contribution in [2.45, 2.75) is 19.4 Å². The number of methoxy groups -OCH3 is 1. The first-order valence-electron chi connectivity index (χ1n) is 8.51. The van der Waals surface area contributed by atoms with Crippen molar-refractivity contribution in [3.8, 4) is 11.5 Å². The summed E-state index contributed by atoms with van der Waals surface area (Å²) in [6.45, 7) is 1.41. The average Bonchev–Trinajstić information content (AvgIpc) is 3.07. The smallest absolute Gasteiger partial charge is 0.240 e. The van der Waals surface area contributed by atoms with Gasteiger partial charge in [-0.2, -0.15) is 5.10 Å². The highest BCUT2D eigenvalue weighted by Crippen LogP contribution is 2.37. The monoisotopic (exact) mass is 403 g/mol. The molecule has 0 radical (unpaired) electrons. The Morgan fingerprint density at radius 3 is 2.64 bits per heavy atom. The maximum Gasteiger partial charge on any atom is 0.240 e. The molecule has 0 aliphatic carbocycles. The van der Waals surface area contributed by atoms with Crippen molar-refractivity contribution in [1.82, 2.24) is 5.01 Å². The number of nitrogens with one attached hydrogen (secondary N) is 1. The molecule has 0 unspecified atom stereocenters. The van der Waals surface area contributed by atoms with Crippen LogP contribution in [-0.2, 0) is 14.8 Å². The van der Waals surface area contributed by atoms with Crippen molar-refractivity contribution in [1.29, 1.82) is 0 Å². The highest BCUT2D eigenvalue weighted by molar-refractivity contribution is 7.92. The summed E-state index contributed by atoms with van der Waals surface area (Å²) in [4.78, 5) is 12.2. The molecule has 9 heteroatoms. The van der Waals surface area contributed by atoms with E-state index in [1.165, 1.54) is 25.1 Å². The fourth-order valence-electron chi connectivity index (χ4n) is 3.15. The van der Waals surface area contributed by atoms with E-state index < -0.39 is 16.1 Å². The predicted octanol–water partition coefficient (Wildman–Crippen LogP) is 2.47. The summed E-state index contributed by atoms with van der Waals surface area (Å²) in [5.74, 6) is 0.0525. The van der Waals surface area contributed by atoms with Gasteiger partial charge in [-0.3, -0.25) is 9.52 Å². The number of aromatic hydroxyl groups is 1. The molecule has 1 atom stereocenters. The second kappa shape index (κ2) is 7.51. The van der Waals surface area contributed by atoms with Crippen LogP contribution in [0, 0.1) is 0 Å². The molecule has 3 rings (SSSR count). The van der Waals surface area contributed by atoms with Gasteiger partial charge in [0.2, 0.25) is 15.9 Å². The topological polar surface area (TPSA) is 108 Å². The van der Waals surface area contributed by atoms with E-state index in [0.717, 1.165) is 11.8 Å². The number of hydrogen-bond acceptors (Lipinski definition) is 6. The summed E-state index contributed by atoms with van der Waals surface area (Å²) in [7, 11) is -2.02. The standard InChI is InChI=1S/C19H21N3O5S/c1-12(23)22-17(13-8-9-18(24)19(10-13)27-2)11-16(20-22)14-6-4-5-7-15(14)21-28(3,25)26/h4-10,17,21,24H,11H2,1-3H3/t17-/m0/s1. The number of phenols is 1. The number of hydrogen-bond donors (Lipinski definition) is 2. The summed E-state index contributed by atoms with van der Waals surface area (Å²) in [6, 6.07) is 11.4. The van der Waals surface area contributed by atoms with Crippen LogP contribution < -0.4 is 9.46 Å². The fourth-order valence-corrected chi connectivity index (χ4v) is 3.73. The number of rotatable bonds is 5. The summed E-state index contributed by atoms with van der Waals surface area (Å²) >= 11 is 0. The molecular formula is C19H21N3O5S. The zero-order valence-electron chi connectivity index (χ0n) is 15.7. The Kier molecular flexibility index (Phi) is 5.28. The molecule has 28 heavy (non-hydrogen) atoms. The summed E-state index contributed by atoms with van der Waals surface area (Å²) in [6.07, 6.45) is 1.46. The van der Waals surface area contributed by atoms with E-state index in [1.54, 1.807) is 36.4 Å². The number of carbonyl (C=O) groups is 1. The summed E-state index contributed by atoms with van der Waals surface area (Å²) in [5, 5.41) is 15.6. The van der Waals surface area contributed by atoms with Gasteiger partial charge in [0.1, 0.15) is 0 Å². The van der Waals surface area contributed by atoms with Gasteiger partial charge in [0.25, 0.3) is 0 Å². The van der Waals surface area contributed by atoms with E-state index in [-0.39, 0.29) is 11.7 Å². The maximum absolute atomic E-state index is 12.2. The molecule has 0 saturated carbocycles. The SMILES string of the molecule is COc1cc([C@@H]2CC(c3ccccc3NS(C)(=O)=O)=NN2C(C)=O)ccc1O. The zero-order valence-corrected chi connectivity index (χ0v) is 16.5. The number of para-hydroxylation sites is 1. The number of carbonyl (C=O) groups excluding carboxylic acids is 1. The van der Waals surface area contributed by atoms with Gasteiger partial charge < -0.3 is 9.84 Å². The fraction of sp³-hybridized carbons (Fsp3) is 0.263. The van der Waals surface area contributed by atoms with E-state index in [0.29, 0.717) is 29.1 Å². The van der Waals surface area contributed by atoms with Gasteiger partial charge in [-0.25, -0.2) is 13.4 Å². The van der Waals surface area contributed by atoms with Crippen LogP contribution in [0.3, 0.4) is 0 Å². The highest BCUT2D eigenvalue weighted by Gasteiger charge is 2.32. The molecule has 0 bridgehead atoms. The van der Waals surface area contributed by atoms with Crippen molar-refractivity contribution >= 4 is 27.3 Å². The van der Waals surface area contributed by atoms with E-state index in [9.17, 15) is 18.3 Å². The van der Waals surface area contributed by atoms with E-state index in [1.807, 2.05) is 0 Å². The minimum atomic E-state index is -3.47. The molecule has 2 N–H and O–H groups in total. The van der Waals surface area contributed by atoms with Crippen LogP contribution >= 0.6 is 0 Å². The first-order chi connectivity index (χ1) is 13.2. The lowest BCUT2D eigenvalue weighted by Gasteiger charge is -2.21. The molecule has 1 amide bonds. The highest BCUT2D eigenvalue weighted by atomic mass is 32.2. The number of sulfonamides is 1. The number of hydrazone groups is 1. The molecule has 148 valence electrons. The quantitative estimate of drug-likeness (QED) is 0.797. The first-order valence-corrected chi connectivity index (χ1v) is 10.4. The van der Waals surface area contributed by atoms with Crippen LogP contribution in [0.1, 0.15) is 30.5 Å². The van der Waals surface area contributed by atoms with Crippen LogP contribution in [0.4, 0.5) is 5.69 Å². The lowest BCUT2D eigenvalue weighted by molar-refractivity contribution is -0.130. The predicted molar refractivity (Wildman–Crippen MR) is 106 cm³/mol. The lowest BCUT2D eigenvalue weighted by atomic mass is 9.97. The second-order valence-corrected chi connectivity index (χ2v) is 8.23. The van der Waals surface area contributed by atoms with Crippen LogP contribution in [0.2, 0.25) is 0 Å². The number of amides is 1. The van der Waals surface area contributed by atoms with Crippen LogP contribution in [0.5, 0.6) is 11.5 Å². The third-order valence-electron chi connectivity index (χ3n) is 4.35. The number of phenolic OH excluding ortho intramolecular Hbond substituents is 1. The first kappa shape index (κ1) is 19.7. The molecule has 8 nitrogen and oxygen atoms in total. The third-order valence-corrected chi connectivity index (χ3v) is 4.95. The molecule has 0 spiro atoms. The van der Waals surface area contributed by atoms with Crippen molar-refractivity contribution in [3.63, 3.8) is 0 Å². The minimum Gasteiger partial charge on any atom is -0.504 e. The largest absolute Gasteiger partial charge is 0.504 e. The van der Waals surface area contributed by atoms with Crippen LogP contribution in [0.15, 0.2) is 47.6 Å². The normalized spacial score (nSPS) is 16.6. The van der Waals surface area contributed by atoms with Gasteiger partial charge in [-0.05, 0) is 23.8 Å². The summed E-state index contributed by atoms with van der Waals surface area (Å²) < 4.78 is 31.0. The van der Waals surface area contributed by atoms with E-state index in [4.69, 9.17) is 4.74 Å². The molecular weight excluding hydrogens is 382 g/mol. The van der Waals surface area contributed by atoms with Crippen molar-refractivity contribution in [2.24, 2.45) is 5.10 Å². The average molecular weight is 403 g/mol. The Hall–Kier alpha value is -3.07. The Bertz CT molecular complexity index is 1050. The molecule has 1 heterocycles. The Balaban J connectivity index is 2.00. The third kappa shape index (κ3) is 4.09. The van der Waals surface area contributed by atoms with Crippen LogP contribution in [-0.4, -0.2) is 43.5 Å². The number of anilines is 1. The Morgan fingerprint density at radius 1 is 1.29 bits per heavy atom. The van der Waals surface area contributed by atoms with E-state index in [2.05, 4.69) is 9.82 Å². The molecule has 0 fully saturated rings. The lowest BCUT2D eigenvalue weighted by Crippen LogP contribution is -2.24. The zero-order chi connectivity index (χ0) is 20.5. The van der Waals surface area contributed by atoms with Gasteiger partial charge in [0.05, 0.1) is 30.8 Å². The van der Waals surface area contributed by atoms with Crippen LogP contribution in [0.25, 0.3) is 0 Å². The molecule has 0 saturated heterocycles. The number of benzene rings is 2. The van der Waals surface area contributed by atoms with Gasteiger partial charge >= 0.3 is 0 Å².